The summed E-state index contributed by atoms with van der Waals surface area (Å²) in [5.41, 5.74) is 2.70. The van der Waals surface area contributed by atoms with Crippen LogP contribution in [0.2, 0.25) is 0 Å². The Hall–Kier alpha value is -3.69. The third-order valence-corrected chi connectivity index (χ3v) is 5.99. The molecular weight excluding hydrogens is 406 g/mol. The topological polar surface area (TPSA) is 75.8 Å². The number of fused-ring (bicyclic) bond motifs is 1. The van der Waals surface area contributed by atoms with Gasteiger partial charge < -0.3 is 0 Å². The molecule has 0 aliphatic rings. The number of aromatic nitrogens is 2. The van der Waals surface area contributed by atoms with Crippen LogP contribution in [0.25, 0.3) is 16.6 Å². The lowest BCUT2D eigenvalue weighted by Gasteiger charge is -2.15. The summed E-state index contributed by atoms with van der Waals surface area (Å²) in [5.74, 6) is -1.05. The Bertz CT molecular complexity index is 1360. The van der Waals surface area contributed by atoms with Crippen LogP contribution in [-0.2, 0) is 4.79 Å². The van der Waals surface area contributed by atoms with E-state index in [1.807, 2.05) is 43.3 Å². The molecule has 5 nitrogen and oxygen atoms in total. The zero-order valence-corrected chi connectivity index (χ0v) is 17.7. The standard InChI is InChI=1S/C25H19N3O2S/c1-17-9-5-8-14-22(17)28-24(30)19-12-6-7-13-21(19)27-25(28)31-16-23(29)20(15-26)18-10-3-2-4-11-18/h2-14,20H,16H2,1H3. The third-order valence-electron chi connectivity index (χ3n) is 5.03. The molecule has 0 amide bonds. The fourth-order valence-electron chi connectivity index (χ4n) is 3.43. The maximum atomic E-state index is 13.3. The molecule has 1 aromatic heterocycles. The molecule has 1 unspecified atom stereocenters. The highest BCUT2D eigenvalue weighted by molar-refractivity contribution is 7.99. The van der Waals surface area contributed by atoms with E-state index in [9.17, 15) is 14.9 Å². The second-order valence-electron chi connectivity index (χ2n) is 7.07. The SMILES string of the molecule is Cc1ccccc1-n1c(SCC(=O)C(C#N)c2ccccc2)nc2ccccc2c1=O. The predicted molar refractivity (Wildman–Crippen MR) is 123 cm³/mol. The number of benzene rings is 3. The molecule has 1 heterocycles. The molecule has 0 bridgehead atoms. The molecule has 3 aromatic carbocycles. The number of hydrogen-bond acceptors (Lipinski definition) is 5. The predicted octanol–water partition coefficient (Wildman–Crippen LogP) is 4.66. The summed E-state index contributed by atoms with van der Waals surface area (Å²) in [5, 5.41) is 10.5. The van der Waals surface area contributed by atoms with Crippen LogP contribution >= 0.6 is 11.8 Å². The molecular formula is C25H19N3O2S. The maximum Gasteiger partial charge on any atom is 0.266 e. The van der Waals surface area contributed by atoms with Crippen LogP contribution in [0.3, 0.4) is 0 Å². The van der Waals surface area contributed by atoms with Crippen molar-refractivity contribution in [3.8, 4) is 11.8 Å². The molecule has 6 heteroatoms. The van der Waals surface area contributed by atoms with E-state index in [0.29, 0.717) is 21.6 Å². The molecule has 0 radical (unpaired) electrons. The second kappa shape index (κ2) is 8.99. The van der Waals surface area contributed by atoms with Crippen molar-refractivity contribution in [2.45, 2.75) is 18.0 Å². The average Bonchev–Trinajstić information content (AvgIpc) is 2.80. The first kappa shape index (κ1) is 20.6. The lowest BCUT2D eigenvalue weighted by atomic mass is 9.97. The minimum absolute atomic E-state index is 0.0315. The molecule has 0 saturated carbocycles. The number of nitrogens with zero attached hydrogens (tertiary/aromatic N) is 3. The normalized spacial score (nSPS) is 11.7. The van der Waals surface area contributed by atoms with Crippen molar-refractivity contribution in [3.63, 3.8) is 0 Å². The van der Waals surface area contributed by atoms with E-state index >= 15 is 0 Å². The minimum Gasteiger partial charge on any atom is -0.297 e. The molecule has 0 fully saturated rings. The van der Waals surface area contributed by atoms with Crippen molar-refractivity contribution in [1.29, 1.82) is 5.26 Å². The van der Waals surface area contributed by atoms with E-state index < -0.39 is 5.92 Å². The van der Waals surface area contributed by atoms with Crippen LogP contribution in [0, 0.1) is 18.3 Å². The summed E-state index contributed by atoms with van der Waals surface area (Å²) in [6.07, 6.45) is 0. The number of thioether (sulfide) groups is 1. The van der Waals surface area contributed by atoms with Crippen molar-refractivity contribution in [2.24, 2.45) is 0 Å². The first-order chi connectivity index (χ1) is 15.1. The van der Waals surface area contributed by atoms with Gasteiger partial charge in [-0.25, -0.2) is 4.98 Å². The molecule has 0 N–H and O–H groups in total. The van der Waals surface area contributed by atoms with Gasteiger partial charge >= 0.3 is 0 Å². The number of ketones is 1. The van der Waals surface area contributed by atoms with Crippen LogP contribution < -0.4 is 5.56 Å². The first-order valence-corrected chi connectivity index (χ1v) is 10.8. The summed E-state index contributed by atoms with van der Waals surface area (Å²) in [4.78, 5) is 30.9. The number of hydrogen-bond donors (Lipinski definition) is 0. The number of nitriles is 1. The highest BCUT2D eigenvalue weighted by atomic mass is 32.2. The number of rotatable bonds is 6. The first-order valence-electron chi connectivity index (χ1n) is 9.78. The van der Waals surface area contributed by atoms with Gasteiger partial charge in [0, 0.05) is 0 Å². The Morgan fingerprint density at radius 1 is 1.03 bits per heavy atom. The van der Waals surface area contributed by atoms with Gasteiger partial charge in [0.2, 0.25) is 0 Å². The van der Waals surface area contributed by atoms with Crippen molar-refractivity contribution < 1.29 is 4.79 Å². The monoisotopic (exact) mass is 425 g/mol. The Morgan fingerprint density at radius 2 is 1.71 bits per heavy atom. The van der Waals surface area contributed by atoms with E-state index in [1.54, 1.807) is 47.0 Å². The van der Waals surface area contributed by atoms with Crippen molar-refractivity contribution in [2.75, 3.05) is 5.75 Å². The summed E-state index contributed by atoms with van der Waals surface area (Å²) in [6, 6.07) is 25.8. The number of Topliss-reactive ketones (excluding diaryl/α,β-unsaturated/α-hetero) is 1. The largest absolute Gasteiger partial charge is 0.297 e. The van der Waals surface area contributed by atoms with Crippen LogP contribution in [0.5, 0.6) is 0 Å². The zero-order valence-electron chi connectivity index (χ0n) is 16.9. The highest BCUT2D eigenvalue weighted by Crippen LogP contribution is 2.25. The Kier molecular flexibility index (Phi) is 5.96. The van der Waals surface area contributed by atoms with Crippen LogP contribution in [0.15, 0.2) is 88.8 Å². The fraction of sp³-hybridized carbons (Fsp3) is 0.120. The smallest absolute Gasteiger partial charge is 0.266 e. The van der Waals surface area contributed by atoms with Crippen LogP contribution in [0.4, 0.5) is 0 Å². The van der Waals surface area contributed by atoms with Gasteiger partial charge in [0.15, 0.2) is 10.9 Å². The van der Waals surface area contributed by atoms with Crippen molar-refractivity contribution in [3.05, 3.63) is 100 Å². The lowest BCUT2D eigenvalue weighted by molar-refractivity contribution is -0.116. The molecule has 1 atom stereocenters. The van der Waals surface area contributed by atoms with E-state index in [1.165, 1.54) is 11.8 Å². The van der Waals surface area contributed by atoms with Crippen molar-refractivity contribution >= 4 is 28.4 Å². The second-order valence-corrected chi connectivity index (χ2v) is 8.01. The number of carbonyl (C=O) groups is 1. The van der Waals surface area contributed by atoms with Crippen LogP contribution in [-0.4, -0.2) is 21.1 Å². The van der Waals surface area contributed by atoms with Gasteiger partial charge in [0.1, 0.15) is 5.92 Å². The average molecular weight is 426 g/mol. The van der Waals surface area contributed by atoms with E-state index in [2.05, 4.69) is 11.1 Å². The molecule has 4 rings (SSSR count). The van der Waals surface area contributed by atoms with Gasteiger partial charge in [0.05, 0.1) is 28.4 Å². The summed E-state index contributed by atoms with van der Waals surface area (Å²) in [6.45, 7) is 1.93. The van der Waals surface area contributed by atoms with Gasteiger partial charge in [-0.15, -0.1) is 0 Å². The van der Waals surface area contributed by atoms with Crippen molar-refractivity contribution in [1.82, 2.24) is 9.55 Å². The van der Waals surface area contributed by atoms with Gasteiger partial charge in [-0.05, 0) is 36.2 Å². The Balaban J connectivity index is 1.74. The lowest BCUT2D eigenvalue weighted by Crippen LogP contribution is -2.23. The molecule has 0 aliphatic carbocycles. The highest BCUT2D eigenvalue weighted by Gasteiger charge is 2.22. The van der Waals surface area contributed by atoms with E-state index in [-0.39, 0.29) is 17.1 Å². The number of carbonyl (C=O) groups excluding carboxylic acids is 1. The number of aryl methyl sites for hydroxylation is 1. The minimum atomic E-state index is -0.854. The number of para-hydroxylation sites is 2. The molecule has 152 valence electrons. The molecule has 0 spiro atoms. The van der Waals surface area contributed by atoms with Gasteiger partial charge in [-0.3, -0.25) is 14.2 Å². The summed E-state index contributed by atoms with van der Waals surface area (Å²) >= 11 is 1.18. The summed E-state index contributed by atoms with van der Waals surface area (Å²) in [7, 11) is 0. The van der Waals surface area contributed by atoms with Gasteiger partial charge in [-0.1, -0.05) is 72.4 Å². The molecule has 0 aliphatic heterocycles. The molecule has 0 saturated heterocycles. The quantitative estimate of drug-likeness (QED) is 0.332. The Morgan fingerprint density at radius 3 is 2.45 bits per heavy atom. The van der Waals surface area contributed by atoms with Gasteiger partial charge in [0.25, 0.3) is 5.56 Å². The fourth-order valence-corrected chi connectivity index (χ4v) is 4.34. The summed E-state index contributed by atoms with van der Waals surface area (Å²) < 4.78 is 1.56. The van der Waals surface area contributed by atoms with E-state index in [0.717, 1.165) is 11.3 Å². The van der Waals surface area contributed by atoms with E-state index in [4.69, 9.17) is 0 Å². The van der Waals surface area contributed by atoms with Gasteiger partial charge in [-0.2, -0.15) is 5.26 Å². The van der Waals surface area contributed by atoms with Crippen LogP contribution in [0.1, 0.15) is 17.0 Å². The maximum absolute atomic E-state index is 13.3. The molecule has 4 aromatic rings. The third kappa shape index (κ3) is 4.14. The Labute approximate surface area is 184 Å². The molecule has 31 heavy (non-hydrogen) atoms. The zero-order chi connectivity index (χ0) is 21.8.